The van der Waals surface area contributed by atoms with E-state index in [0.717, 1.165) is 16.7 Å². The van der Waals surface area contributed by atoms with Gasteiger partial charge in [0.25, 0.3) is 0 Å². The number of benzene rings is 2. The molecule has 0 atom stereocenters. The largest absolute Gasteiger partial charge is 0.476 e. The lowest BCUT2D eigenvalue weighted by atomic mass is 9.84. The SMILES string of the molecule is C=C1OC(C)(C)C(=O)C(c2cc(-c3ccc(Cl)cc3Cl)ccc2CC)=C1OC(=O)COC. The highest BCUT2D eigenvalue weighted by molar-refractivity contribution is 6.36. The molecule has 32 heavy (non-hydrogen) atoms. The summed E-state index contributed by atoms with van der Waals surface area (Å²) in [5.74, 6) is -0.886. The van der Waals surface area contributed by atoms with Crippen LogP contribution in [0.5, 0.6) is 0 Å². The third-order valence-electron chi connectivity index (χ3n) is 5.11. The Bertz CT molecular complexity index is 1130. The molecule has 2 aromatic carbocycles. The van der Waals surface area contributed by atoms with E-state index in [0.29, 0.717) is 22.0 Å². The smallest absolute Gasteiger partial charge is 0.337 e. The molecule has 1 aliphatic heterocycles. The van der Waals surface area contributed by atoms with Gasteiger partial charge in [0, 0.05) is 22.7 Å². The number of halogens is 2. The predicted octanol–water partition coefficient (Wildman–Crippen LogP) is 6.02. The Labute approximate surface area is 197 Å². The van der Waals surface area contributed by atoms with E-state index in [4.69, 9.17) is 37.4 Å². The highest BCUT2D eigenvalue weighted by Gasteiger charge is 2.42. The number of hydrogen-bond donors (Lipinski definition) is 0. The zero-order chi connectivity index (χ0) is 23.6. The van der Waals surface area contributed by atoms with Gasteiger partial charge in [-0.2, -0.15) is 0 Å². The first-order valence-electron chi connectivity index (χ1n) is 10.0. The van der Waals surface area contributed by atoms with Crippen molar-refractivity contribution in [1.29, 1.82) is 0 Å². The van der Waals surface area contributed by atoms with Gasteiger partial charge in [-0.15, -0.1) is 0 Å². The van der Waals surface area contributed by atoms with Crippen molar-refractivity contribution in [1.82, 2.24) is 0 Å². The lowest BCUT2D eigenvalue weighted by molar-refractivity contribution is -0.145. The Kier molecular flexibility index (Phi) is 7.13. The molecule has 2 aromatic rings. The van der Waals surface area contributed by atoms with Gasteiger partial charge in [0.1, 0.15) is 6.61 Å². The maximum absolute atomic E-state index is 13.5. The fourth-order valence-electron chi connectivity index (χ4n) is 3.57. The van der Waals surface area contributed by atoms with Crippen LogP contribution in [0.3, 0.4) is 0 Å². The molecule has 0 saturated carbocycles. The average Bonchev–Trinajstić information content (AvgIpc) is 2.72. The molecule has 7 heteroatoms. The molecule has 0 amide bonds. The highest BCUT2D eigenvalue weighted by atomic mass is 35.5. The van der Waals surface area contributed by atoms with Gasteiger partial charge >= 0.3 is 5.97 Å². The van der Waals surface area contributed by atoms with Crippen LogP contribution in [-0.2, 0) is 30.2 Å². The first-order chi connectivity index (χ1) is 15.1. The van der Waals surface area contributed by atoms with E-state index in [1.54, 1.807) is 26.0 Å². The normalized spacial score (nSPS) is 15.6. The van der Waals surface area contributed by atoms with Crippen LogP contribution in [0.1, 0.15) is 31.9 Å². The summed E-state index contributed by atoms with van der Waals surface area (Å²) in [7, 11) is 1.38. The van der Waals surface area contributed by atoms with Crippen molar-refractivity contribution < 1.29 is 23.8 Å². The van der Waals surface area contributed by atoms with Gasteiger partial charge in [0.2, 0.25) is 5.78 Å². The molecule has 5 nitrogen and oxygen atoms in total. The third-order valence-corrected chi connectivity index (χ3v) is 5.66. The van der Waals surface area contributed by atoms with Gasteiger partial charge in [-0.25, -0.2) is 4.79 Å². The lowest BCUT2D eigenvalue weighted by Gasteiger charge is -2.34. The van der Waals surface area contributed by atoms with Crippen LogP contribution in [0.4, 0.5) is 0 Å². The van der Waals surface area contributed by atoms with Gasteiger partial charge in [-0.3, -0.25) is 4.79 Å². The molecular weight excluding hydrogens is 451 g/mol. The minimum absolute atomic E-state index is 0.00886. The molecule has 3 rings (SSSR count). The molecule has 0 saturated heterocycles. The molecule has 0 bridgehead atoms. The molecule has 0 unspecified atom stereocenters. The van der Waals surface area contributed by atoms with Crippen molar-refractivity contribution in [3.8, 4) is 11.1 Å². The van der Waals surface area contributed by atoms with Crippen LogP contribution in [0.25, 0.3) is 16.7 Å². The Hall–Kier alpha value is -2.60. The second-order valence-electron chi connectivity index (χ2n) is 7.83. The number of methoxy groups -OCH3 is 1. The Morgan fingerprint density at radius 3 is 2.47 bits per heavy atom. The molecule has 1 heterocycles. The zero-order valence-electron chi connectivity index (χ0n) is 18.4. The van der Waals surface area contributed by atoms with Gasteiger partial charge in [-0.05, 0) is 55.2 Å². The molecule has 0 aliphatic carbocycles. The second kappa shape index (κ2) is 9.49. The topological polar surface area (TPSA) is 61.8 Å². The Morgan fingerprint density at radius 2 is 1.84 bits per heavy atom. The number of aryl methyl sites for hydroxylation is 1. The molecule has 168 valence electrons. The van der Waals surface area contributed by atoms with Crippen molar-refractivity contribution in [3.63, 3.8) is 0 Å². The minimum atomic E-state index is -1.18. The van der Waals surface area contributed by atoms with E-state index >= 15 is 0 Å². The van der Waals surface area contributed by atoms with Crippen LogP contribution in [-0.4, -0.2) is 31.1 Å². The molecular formula is C25H24Cl2O5. The first kappa shape index (κ1) is 24.1. The summed E-state index contributed by atoms with van der Waals surface area (Å²) in [5, 5.41) is 1.01. The van der Waals surface area contributed by atoms with Gasteiger partial charge < -0.3 is 14.2 Å². The summed E-state index contributed by atoms with van der Waals surface area (Å²) in [6, 6.07) is 10.9. The van der Waals surface area contributed by atoms with E-state index in [2.05, 4.69) is 6.58 Å². The standard InChI is InChI=1S/C25H24Cl2O5/c1-6-15-7-8-16(18-10-9-17(26)12-20(18)27)11-19(15)22-23(31-21(28)13-30-5)14(2)32-25(3,4)24(22)29/h7-12H,2,6,13H2,1,3-5H3. The van der Waals surface area contributed by atoms with E-state index in [1.807, 2.05) is 31.2 Å². The van der Waals surface area contributed by atoms with Crippen LogP contribution in [0.15, 0.2) is 54.5 Å². The maximum atomic E-state index is 13.5. The number of Topliss-reactive ketones (excluding diaryl/α,β-unsaturated/α-hetero) is 1. The predicted molar refractivity (Wildman–Crippen MR) is 125 cm³/mol. The van der Waals surface area contributed by atoms with Crippen LogP contribution >= 0.6 is 23.2 Å². The van der Waals surface area contributed by atoms with Gasteiger partial charge in [0.15, 0.2) is 17.1 Å². The number of carbonyl (C=O) groups is 2. The highest BCUT2D eigenvalue weighted by Crippen LogP contribution is 2.41. The Morgan fingerprint density at radius 1 is 1.12 bits per heavy atom. The summed E-state index contributed by atoms with van der Waals surface area (Å²) in [6.45, 7) is 8.90. The van der Waals surface area contributed by atoms with Crippen LogP contribution in [0.2, 0.25) is 10.0 Å². The lowest BCUT2D eigenvalue weighted by Crippen LogP contribution is -2.40. The van der Waals surface area contributed by atoms with Crippen molar-refractivity contribution in [2.45, 2.75) is 32.8 Å². The molecule has 0 aromatic heterocycles. The Balaban J connectivity index is 2.27. The minimum Gasteiger partial charge on any atom is -0.476 e. The quantitative estimate of drug-likeness (QED) is 0.479. The fourth-order valence-corrected chi connectivity index (χ4v) is 4.08. The number of ketones is 1. The monoisotopic (exact) mass is 474 g/mol. The number of esters is 1. The third kappa shape index (κ3) is 4.75. The average molecular weight is 475 g/mol. The molecule has 1 aliphatic rings. The van der Waals surface area contributed by atoms with Crippen molar-refractivity contribution in [2.24, 2.45) is 0 Å². The van der Waals surface area contributed by atoms with Gasteiger partial charge in [-0.1, -0.05) is 54.9 Å². The van der Waals surface area contributed by atoms with E-state index in [-0.39, 0.29) is 29.5 Å². The first-order valence-corrected chi connectivity index (χ1v) is 10.8. The number of carbonyl (C=O) groups excluding carboxylic acids is 2. The molecule has 0 N–H and O–H groups in total. The van der Waals surface area contributed by atoms with Crippen LogP contribution < -0.4 is 0 Å². The van der Waals surface area contributed by atoms with E-state index in [1.165, 1.54) is 7.11 Å². The number of hydrogen-bond acceptors (Lipinski definition) is 5. The summed E-state index contributed by atoms with van der Waals surface area (Å²) >= 11 is 12.5. The van der Waals surface area contributed by atoms with Crippen molar-refractivity contribution >= 4 is 40.5 Å². The summed E-state index contributed by atoms with van der Waals surface area (Å²) in [6.07, 6.45) is 0.647. The summed E-state index contributed by atoms with van der Waals surface area (Å²) in [5.41, 5.74) is 2.13. The maximum Gasteiger partial charge on any atom is 0.337 e. The molecule has 0 spiro atoms. The van der Waals surface area contributed by atoms with Crippen molar-refractivity contribution in [3.05, 3.63) is 75.7 Å². The fraction of sp³-hybridized carbons (Fsp3) is 0.280. The second-order valence-corrected chi connectivity index (χ2v) is 8.67. The number of ether oxygens (including phenoxy) is 3. The van der Waals surface area contributed by atoms with Gasteiger partial charge in [0.05, 0.1) is 5.57 Å². The van der Waals surface area contributed by atoms with Crippen molar-refractivity contribution in [2.75, 3.05) is 13.7 Å². The van der Waals surface area contributed by atoms with E-state index in [9.17, 15) is 9.59 Å². The molecule has 0 radical (unpaired) electrons. The zero-order valence-corrected chi connectivity index (χ0v) is 19.9. The van der Waals surface area contributed by atoms with Crippen LogP contribution in [0, 0.1) is 0 Å². The van der Waals surface area contributed by atoms with E-state index < -0.39 is 11.6 Å². The summed E-state index contributed by atoms with van der Waals surface area (Å²) < 4.78 is 16.0. The molecule has 0 fully saturated rings. The summed E-state index contributed by atoms with van der Waals surface area (Å²) in [4.78, 5) is 25.7. The number of rotatable bonds is 6.